The smallest absolute Gasteiger partial charge is 0.768 e. The molecule has 2 aromatic heterocycles. The van der Waals surface area contributed by atoms with E-state index in [9.17, 15) is 8.76 Å². The van der Waals surface area contributed by atoms with E-state index in [4.69, 9.17) is 17.9 Å². The van der Waals surface area contributed by atoms with E-state index < -0.39 is 22.7 Å². The Morgan fingerprint density at radius 3 is 1.50 bits per heavy atom. The van der Waals surface area contributed by atoms with Gasteiger partial charge in [0.05, 0.1) is 27.3 Å². The van der Waals surface area contributed by atoms with Gasteiger partial charge in [0.1, 0.15) is 11.5 Å². The van der Waals surface area contributed by atoms with Crippen LogP contribution in [0, 0.1) is 0 Å². The number of methoxy groups -OCH3 is 2. The van der Waals surface area contributed by atoms with Gasteiger partial charge in [-0.2, -0.15) is 13.4 Å². The number of ether oxygens (including phenoxy) is 2. The number of aromatic nitrogens is 6. The molecule has 6 aromatic rings. The van der Waals surface area contributed by atoms with Gasteiger partial charge in [-0.15, -0.1) is 10.2 Å². The van der Waals surface area contributed by atoms with Crippen molar-refractivity contribution in [2.24, 2.45) is 0 Å². The minimum Gasteiger partial charge on any atom is -0.768 e. The van der Waals surface area contributed by atoms with E-state index in [1.54, 1.807) is 49.2 Å². The Morgan fingerprint density at radius 2 is 1.10 bits per heavy atom. The molecule has 0 aliphatic rings. The molecule has 0 spiro atoms. The van der Waals surface area contributed by atoms with Crippen LogP contribution in [-0.2, 0) is 35.7 Å². The third kappa shape index (κ3) is 14.8. The van der Waals surface area contributed by atoms with Gasteiger partial charge in [0, 0.05) is 10.5 Å². The fourth-order valence-electron chi connectivity index (χ4n) is 3.96. The van der Waals surface area contributed by atoms with Crippen molar-refractivity contribution in [2.45, 2.75) is 18.0 Å². The van der Waals surface area contributed by atoms with Gasteiger partial charge < -0.3 is 14.0 Å². The van der Waals surface area contributed by atoms with Crippen molar-refractivity contribution in [3.63, 3.8) is 0 Å². The topological polar surface area (TPSA) is 154 Å². The van der Waals surface area contributed by atoms with Crippen LogP contribution in [0.4, 0.5) is 0 Å². The molecule has 6 rings (SSSR count). The Kier molecular flexibility index (Phi) is 20.4. The van der Waals surface area contributed by atoms with Crippen LogP contribution in [0.2, 0.25) is 0 Å². The van der Waals surface area contributed by atoms with Gasteiger partial charge in [0.25, 0.3) is 0 Å². The van der Waals surface area contributed by atoms with E-state index in [-0.39, 0.29) is 29.6 Å². The Morgan fingerprint density at radius 1 is 0.680 bits per heavy atom. The van der Waals surface area contributed by atoms with Crippen molar-refractivity contribution >= 4 is 70.4 Å². The van der Waals surface area contributed by atoms with Gasteiger partial charge in [0.15, 0.2) is 10.6 Å². The Balaban J connectivity index is 0.000000264. The molecule has 2 heterocycles. The van der Waals surface area contributed by atoms with Crippen LogP contribution in [0.15, 0.2) is 128 Å². The molecule has 12 nitrogen and oxygen atoms in total. The van der Waals surface area contributed by atoms with E-state index in [1.165, 1.54) is 0 Å². The van der Waals surface area contributed by atoms with E-state index in [0.29, 0.717) is 32.2 Å². The second-order valence-corrected chi connectivity index (χ2v) is 12.6. The molecule has 0 saturated carbocycles. The first kappa shape index (κ1) is 43.3. The SMILES string of the molecule is COc1ccc(Cn2nc(Br)nc2-c2ccccc2)cc1.COc1ccc(Cn2nc(Br)nc2Br)cc1.O=S([O-])c1ccccc1.O=S=O.[Na+]. The fraction of sp³-hybridized carbons (Fsp3) is 0.125. The average Bonchev–Trinajstić information content (AvgIpc) is 3.65. The van der Waals surface area contributed by atoms with Gasteiger partial charge in [0.2, 0.25) is 9.47 Å². The van der Waals surface area contributed by atoms with Crippen molar-refractivity contribution in [2.75, 3.05) is 14.2 Å². The average molecular weight is 919 g/mol. The first-order valence-corrected chi connectivity index (χ1v) is 18.0. The van der Waals surface area contributed by atoms with Crippen molar-refractivity contribution in [1.82, 2.24) is 29.5 Å². The molecule has 0 N–H and O–H groups in total. The second kappa shape index (κ2) is 23.6. The molecule has 1 unspecified atom stereocenters. The standard InChI is InChI=1S/C16H14BrN3O.C10H9Br2N3O.C6H6O2S.Na.O2S/c1-21-14-9-7-12(8-10-14)11-20-15(18-16(17)19-20)13-5-3-2-4-6-13;1-16-8-4-2-7(3-5-8)6-15-10(12)13-9(11)14-15;7-9(8)6-4-2-1-3-5-6;;1-3-2/h2-10H,11H2,1H3;2-5H,6H2,1H3;1-5H,(H,7,8);;/q;;;+1;/p-1. The summed E-state index contributed by atoms with van der Waals surface area (Å²) >= 11 is 7.09. The molecule has 50 heavy (non-hydrogen) atoms. The van der Waals surface area contributed by atoms with Gasteiger partial charge in [-0.05, 0) is 106 Å². The largest absolute Gasteiger partial charge is 1.00 e. The summed E-state index contributed by atoms with van der Waals surface area (Å²) in [6, 6.07) is 34.1. The molecule has 256 valence electrons. The maximum absolute atomic E-state index is 10.2. The minimum absolute atomic E-state index is 0. The quantitative estimate of drug-likeness (QED) is 0.163. The van der Waals surface area contributed by atoms with Crippen LogP contribution in [-0.4, -0.2) is 60.9 Å². The normalized spacial score (nSPS) is 10.4. The van der Waals surface area contributed by atoms with Crippen LogP contribution in [0.3, 0.4) is 0 Å². The molecular weight excluding hydrogens is 891 g/mol. The van der Waals surface area contributed by atoms with E-state index in [2.05, 4.69) is 68.0 Å². The second-order valence-electron chi connectivity index (χ2n) is 9.35. The van der Waals surface area contributed by atoms with E-state index in [1.807, 2.05) is 83.5 Å². The van der Waals surface area contributed by atoms with Crippen molar-refractivity contribution in [1.29, 1.82) is 0 Å². The Hall–Kier alpha value is -2.87. The molecule has 0 radical (unpaired) electrons. The molecule has 0 amide bonds. The van der Waals surface area contributed by atoms with Gasteiger partial charge in [-0.25, -0.2) is 14.3 Å². The molecule has 0 aliphatic carbocycles. The molecule has 0 aliphatic heterocycles. The number of benzene rings is 4. The number of hydrogen-bond acceptors (Lipinski definition) is 10. The minimum atomic E-state index is -2.08. The number of rotatable bonds is 8. The maximum Gasteiger partial charge on any atom is 1.00 e. The number of halogens is 3. The first-order valence-electron chi connectivity index (χ1n) is 13.9. The zero-order valence-electron chi connectivity index (χ0n) is 26.9. The van der Waals surface area contributed by atoms with Crippen LogP contribution in [0.5, 0.6) is 11.5 Å². The summed E-state index contributed by atoms with van der Waals surface area (Å²) in [6.07, 6.45) is 0. The molecule has 0 saturated heterocycles. The predicted molar refractivity (Wildman–Crippen MR) is 195 cm³/mol. The summed E-state index contributed by atoms with van der Waals surface area (Å²) in [5, 5.41) is 8.61. The Bertz CT molecular complexity index is 1930. The first-order chi connectivity index (χ1) is 23.7. The summed E-state index contributed by atoms with van der Waals surface area (Å²) in [5.74, 6) is 2.54. The van der Waals surface area contributed by atoms with Gasteiger partial charge >= 0.3 is 41.1 Å². The predicted octanol–water partition coefficient (Wildman–Crippen LogP) is 3.88. The third-order valence-electron chi connectivity index (χ3n) is 6.20. The third-order valence-corrected chi connectivity index (χ3v) is 8.11. The summed E-state index contributed by atoms with van der Waals surface area (Å²) in [5.41, 5.74) is 3.33. The molecule has 0 bridgehead atoms. The van der Waals surface area contributed by atoms with E-state index in [0.717, 1.165) is 34.0 Å². The van der Waals surface area contributed by atoms with Crippen molar-refractivity contribution < 1.29 is 56.2 Å². The number of nitrogens with zero attached hydrogens (tertiary/aromatic N) is 6. The van der Waals surface area contributed by atoms with E-state index >= 15 is 0 Å². The van der Waals surface area contributed by atoms with Crippen LogP contribution < -0.4 is 39.0 Å². The summed E-state index contributed by atoms with van der Waals surface area (Å²) in [4.78, 5) is 8.89. The molecule has 0 fully saturated rings. The molecule has 4 aromatic carbocycles. The monoisotopic (exact) mass is 916 g/mol. The molecular formula is C32H28Br3N6NaO6S2. The zero-order chi connectivity index (χ0) is 35.6. The summed E-state index contributed by atoms with van der Waals surface area (Å²) < 4.78 is 52.8. The molecule has 1 atom stereocenters. The summed E-state index contributed by atoms with van der Waals surface area (Å²) in [6.45, 7) is 1.33. The summed E-state index contributed by atoms with van der Waals surface area (Å²) in [7, 11) is 3.32. The Labute approximate surface area is 342 Å². The molecule has 18 heteroatoms. The fourth-order valence-corrected chi connectivity index (χ4v) is 5.67. The van der Waals surface area contributed by atoms with Gasteiger partial charge in [-0.1, -0.05) is 72.8 Å². The van der Waals surface area contributed by atoms with Crippen molar-refractivity contribution in [3.8, 4) is 22.9 Å². The van der Waals surface area contributed by atoms with Crippen molar-refractivity contribution in [3.05, 3.63) is 135 Å². The maximum atomic E-state index is 10.2. The number of hydrogen-bond donors (Lipinski definition) is 0. The van der Waals surface area contributed by atoms with Gasteiger partial charge in [-0.3, -0.25) is 4.21 Å². The van der Waals surface area contributed by atoms with Crippen LogP contribution >= 0.6 is 47.8 Å². The zero-order valence-corrected chi connectivity index (χ0v) is 35.3. The van der Waals surface area contributed by atoms with Crippen LogP contribution in [0.1, 0.15) is 11.1 Å². The van der Waals surface area contributed by atoms with Crippen LogP contribution in [0.25, 0.3) is 11.4 Å².